The molecule has 2 fully saturated rings. The van der Waals surface area contributed by atoms with Crippen LogP contribution in [0.1, 0.15) is 0 Å². The summed E-state index contributed by atoms with van der Waals surface area (Å²) in [7, 11) is 0. The van der Waals surface area contributed by atoms with E-state index in [1.54, 1.807) is 0 Å². The van der Waals surface area contributed by atoms with Crippen molar-refractivity contribution in [3.63, 3.8) is 0 Å². The number of hydrogen-bond donors (Lipinski definition) is 3. The SMILES string of the molecule is N[C@H]1C2OC[C@@H](O2)[C@@H](O)[C@@H]1O. The van der Waals surface area contributed by atoms with E-state index in [-0.39, 0.29) is 0 Å². The van der Waals surface area contributed by atoms with Crippen molar-refractivity contribution in [2.24, 2.45) is 5.73 Å². The van der Waals surface area contributed by atoms with Gasteiger partial charge in [0.05, 0.1) is 12.6 Å². The zero-order valence-electron chi connectivity index (χ0n) is 5.88. The first kappa shape index (κ1) is 7.45. The molecule has 2 aliphatic heterocycles. The van der Waals surface area contributed by atoms with Crippen LogP contribution in [-0.2, 0) is 9.47 Å². The summed E-state index contributed by atoms with van der Waals surface area (Å²) in [5, 5.41) is 18.6. The monoisotopic (exact) mass is 161 g/mol. The summed E-state index contributed by atoms with van der Waals surface area (Å²) in [5.41, 5.74) is 5.49. The van der Waals surface area contributed by atoms with Crippen molar-refractivity contribution in [1.82, 2.24) is 0 Å². The Balaban J connectivity index is 2.16. The van der Waals surface area contributed by atoms with Crippen molar-refractivity contribution >= 4 is 0 Å². The van der Waals surface area contributed by atoms with E-state index in [0.29, 0.717) is 6.61 Å². The highest BCUT2D eigenvalue weighted by Crippen LogP contribution is 2.26. The quantitative estimate of drug-likeness (QED) is 0.375. The van der Waals surface area contributed by atoms with Crippen LogP contribution < -0.4 is 5.73 Å². The van der Waals surface area contributed by atoms with Gasteiger partial charge in [0.25, 0.3) is 0 Å². The van der Waals surface area contributed by atoms with Crippen LogP contribution in [0.15, 0.2) is 0 Å². The summed E-state index contributed by atoms with van der Waals surface area (Å²) in [5.74, 6) is 0. The normalized spacial score (nSPS) is 56.5. The molecule has 0 spiro atoms. The fourth-order valence-electron chi connectivity index (χ4n) is 1.43. The standard InChI is InChI=1S/C6H11NO4/c7-3-5(9)4(8)2-1-10-6(3)11-2/h2-6,8-9H,1,7H2/t2-,3-,4-,5-,6?/m1/s1. The Morgan fingerprint density at radius 3 is 2.73 bits per heavy atom. The lowest BCUT2D eigenvalue weighted by molar-refractivity contribution is -0.177. The number of aliphatic hydroxyl groups is 2. The third-order valence-electron chi connectivity index (χ3n) is 2.17. The molecule has 11 heavy (non-hydrogen) atoms. The Morgan fingerprint density at radius 2 is 2.00 bits per heavy atom. The highest BCUT2D eigenvalue weighted by atomic mass is 16.7. The molecule has 4 N–H and O–H groups in total. The molecule has 0 amide bonds. The van der Waals surface area contributed by atoms with Gasteiger partial charge in [-0.1, -0.05) is 0 Å². The molecule has 0 aromatic heterocycles. The van der Waals surface area contributed by atoms with Crippen LogP contribution >= 0.6 is 0 Å². The first-order valence-corrected chi connectivity index (χ1v) is 3.59. The van der Waals surface area contributed by atoms with E-state index in [4.69, 9.17) is 15.2 Å². The Morgan fingerprint density at radius 1 is 1.27 bits per heavy atom. The van der Waals surface area contributed by atoms with Gasteiger partial charge in [-0.05, 0) is 0 Å². The second-order valence-electron chi connectivity index (χ2n) is 2.93. The molecule has 0 radical (unpaired) electrons. The molecular formula is C6H11NO4. The molecule has 0 aromatic rings. The lowest BCUT2D eigenvalue weighted by Gasteiger charge is -2.33. The molecule has 2 saturated heterocycles. The molecule has 5 heteroatoms. The minimum Gasteiger partial charge on any atom is -0.388 e. The Bertz CT molecular complexity index is 145. The van der Waals surface area contributed by atoms with Crippen molar-refractivity contribution in [1.29, 1.82) is 0 Å². The highest BCUT2D eigenvalue weighted by Gasteiger charge is 2.47. The average molecular weight is 161 g/mol. The maximum atomic E-state index is 9.30. The van der Waals surface area contributed by atoms with Gasteiger partial charge in [-0.2, -0.15) is 0 Å². The molecule has 2 heterocycles. The molecule has 5 atom stereocenters. The van der Waals surface area contributed by atoms with Crippen molar-refractivity contribution in [2.75, 3.05) is 6.61 Å². The van der Waals surface area contributed by atoms with Crippen molar-refractivity contribution < 1.29 is 19.7 Å². The topological polar surface area (TPSA) is 84.9 Å². The second-order valence-corrected chi connectivity index (χ2v) is 2.93. The predicted octanol–water partition coefficient (Wildman–Crippen LogP) is -2.21. The number of rotatable bonds is 0. The summed E-state index contributed by atoms with van der Waals surface area (Å²) in [4.78, 5) is 0. The third-order valence-corrected chi connectivity index (χ3v) is 2.17. The molecule has 64 valence electrons. The van der Waals surface area contributed by atoms with Crippen LogP contribution in [0.2, 0.25) is 0 Å². The molecular weight excluding hydrogens is 150 g/mol. The molecule has 0 aliphatic carbocycles. The summed E-state index contributed by atoms with van der Waals surface area (Å²) in [6.45, 7) is 0.316. The number of nitrogens with two attached hydrogens (primary N) is 1. The van der Waals surface area contributed by atoms with Gasteiger partial charge in [0.2, 0.25) is 0 Å². The van der Waals surface area contributed by atoms with Crippen molar-refractivity contribution in [3.05, 3.63) is 0 Å². The van der Waals surface area contributed by atoms with Gasteiger partial charge in [0, 0.05) is 0 Å². The number of fused-ring (bicyclic) bond motifs is 2. The maximum absolute atomic E-state index is 9.30. The number of hydrogen-bond acceptors (Lipinski definition) is 5. The molecule has 2 rings (SSSR count). The first-order valence-electron chi connectivity index (χ1n) is 3.59. The van der Waals surface area contributed by atoms with Crippen molar-refractivity contribution in [3.8, 4) is 0 Å². The second kappa shape index (κ2) is 2.40. The fraction of sp³-hybridized carbons (Fsp3) is 1.00. The summed E-state index contributed by atoms with van der Waals surface area (Å²) in [6.07, 6.45) is -2.79. The van der Waals surface area contributed by atoms with Crippen LogP contribution in [0.25, 0.3) is 0 Å². The zero-order chi connectivity index (χ0) is 8.01. The third kappa shape index (κ3) is 0.969. The van der Waals surface area contributed by atoms with Crippen LogP contribution in [0.5, 0.6) is 0 Å². The number of ether oxygens (including phenoxy) is 2. The van der Waals surface area contributed by atoms with E-state index in [2.05, 4.69) is 0 Å². The summed E-state index contributed by atoms with van der Waals surface area (Å²) >= 11 is 0. The number of aliphatic hydroxyl groups excluding tert-OH is 2. The van der Waals surface area contributed by atoms with E-state index < -0.39 is 30.6 Å². The van der Waals surface area contributed by atoms with Gasteiger partial charge in [0.15, 0.2) is 6.29 Å². The Labute approximate surface area is 63.7 Å². The van der Waals surface area contributed by atoms with E-state index in [1.807, 2.05) is 0 Å². The van der Waals surface area contributed by atoms with Gasteiger partial charge >= 0.3 is 0 Å². The Kier molecular flexibility index (Phi) is 1.62. The van der Waals surface area contributed by atoms with E-state index in [0.717, 1.165) is 0 Å². The van der Waals surface area contributed by atoms with E-state index >= 15 is 0 Å². The maximum Gasteiger partial charge on any atom is 0.175 e. The molecule has 0 aromatic carbocycles. The van der Waals surface area contributed by atoms with Gasteiger partial charge < -0.3 is 25.4 Å². The smallest absolute Gasteiger partial charge is 0.175 e. The van der Waals surface area contributed by atoms with Crippen LogP contribution in [0.3, 0.4) is 0 Å². The van der Waals surface area contributed by atoms with Gasteiger partial charge in [-0.25, -0.2) is 0 Å². The minimum atomic E-state index is -0.929. The van der Waals surface area contributed by atoms with E-state index in [9.17, 15) is 10.2 Å². The molecule has 2 aliphatic rings. The average Bonchev–Trinajstić information content (AvgIpc) is 2.44. The lowest BCUT2D eigenvalue weighted by Crippen LogP contribution is -2.57. The fourth-order valence-corrected chi connectivity index (χ4v) is 1.43. The van der Waals surface area contributed by atoms with Crippen molar-refractivity contribution in [2.45, 2.75) is 30.6 Å². The summed E-state index contributed by atoms with van der Waals surface area (Å²) in [6, 6.07) is -0.635. The molecule has 0 saturated carbocycles. The Hall–Kier alpha value is -0.200. The van der Waals surface area contributed by atoms with Crippen LogP contribution in [0, 0.1) is 0 Å². The zero-order valence-corrected chi connectivity index (χ0v) is 5.88. The predicted molar refractivity (Wildman–Crippen MR) is 34.6 cm³/mol. The molecule has 1 unspecified atom stereocenters. The van der Waals surface area contributed by atoms with Crippen LogP contribution in [-0.4, -0.2) is 47.5 Å². The highest BCUT2D eigenvalue weighted by molar-refractivity contribution is 4.94. The molecule has 5 nitrogen and oxygen atoms in total. The first-order chi connectivity index (χ1) is 5.20. The largest absolute Gasteiger partial charge is 0.388 e. The van der Waals surface area contributed by atoms with E-state index in [1.165, 1.54) is 0 Å². The van der Waals surface area contributed by atoms with Gasteiger partial charge in [0.1, 0.15) is 18.3 Å². The lowest BCUT2D eigenvalue weighted by atomic mass is 10.00. The van der Waals surface area contributed by atoms with Crippen LogP contribution in [0.4, 0.5) is 0 Å². The minimum absolute atomic E-state index is 0.316. The molecule has 2 bridgehead atoms. The summed E-state index contributed by atoms with van der Waals surface area (Å²) < 4.78 is 10.2. The van der Waals surface area contributed by atoms with Gasteiger partial charge in [-0.15, -0.1) is 0 Å². The van der Waals surface area contributed by atoms with Gasteiger partial charge in [-0.3, -0.25) is 0 Å².